The van der Waals surface area contributed by atoms with E-state index in [1.807, 2.05) is 0 Å². The van der Waals surface area contributed by atoms with Gasteiger partial charge in [0.25, 0.3) is 0 Å². The number of carboxylic acids is 2. The first-order valence-corrected chi connectivity index (χ1v) is 12.3. The molecule has 0 aliphatic carbocycles. The monoisotopic (exact) mass is 528 g/mol. The minimum atomic E-state index is -1.58. The molecule has 200 valence electrons. The Bertz CT molecular complexity index is 927. The Morgan fingerprint density at radius 3 is 2.03 bits per heavy atom. The highest BCUT2D eigenvalue weighted by Gasteiger charge is 2.32. The van der Waals surface area contributed by atoms with E-state index in [1.54, 1.807) is 6.26 Å². The number of phenolic OH excluding ortho intramolecular Hbond substituents is 1. The van der Waals surface area contributed by atoms with Gasteiger partial charge >= 0.3 is 11.9 Å². The fraction of sp³-hybridized carbons (Fsp3) is 0.500. The van der Waals surface area contributed by atoms with Crippen molar-refractivity contribution in [3.05, 3.63) is 29.8 Å². The molecule has 5 atom stereocenters. The highest BCUT2D eigenvalue weighted by atomic mass is 32.2. The van der Waals surface area contributed by atoms with E-state index in [1.165, 1.54) is 43.0 Å². The number of aliphatic hydroxyl groups excluding tert-OH is 1. The summed E-state index contributed by atoms with van der Waals surface area (Å²) >= 11 is 1.39. The van der Waals surface area contributed by atoms with Gasteiger partial charge in [0, 0.05) is 6.42 Å². The zero-order chi connectivity index (χ0) is 27.4. The van der Waals surface area contributed by atoms with Gasteiger partial charge in [-0.25, -0.2) is 4.79 Å². The largest absolute Gasteiger partial charge is 0.508 e. The summed E-state index contributed by atoms with van der Waals surface area (Å²) in [5.41, 5.74) is 6.02. The van der Waals surface area contributed by atoms with Crippen molar-refractivity contribution >= 4 is 41.4 Å². The number of aliphatic hydroxyl groups is 1. The second kappa shape index (κ2) is 14.9. The average molecular weight is 529 g/mol. The molecule has 13 nitrogen and oxygen atoms in total. The highest BCUT2D eigenvalue weighted by molar-refractivity contribution is 7.98. The van der Waals surface area contributed by atoms with E-state index in [0.717, 1.165) is 0 Å². The Morgan fingerprint density at radius 2 is 1.53 bits per heavy atom. The number of carbonyl (C=O) groups is 5. The third kappa shape index (κ3) is 10.5. The number of aliphatic carboxylic acids is 2. The molecule has 1 aromatic carbocycles. The molecular weight excluding hydrogens is 496 g/mol. The Labute approximate surface area is 211 Å². The predicted octanol–water partition coefficient (Wildman–Crippen LogP) is -1.59. The molecule has 14 heteroatoms. The van der Waals surface area contributed by atoms with Gasteiger partial charge in [-0.1, -0.05) is 12.1 Å². The number of amides is 3. The molecule has 0 heterocycles. The number of thioether (sulfide) groups is 1. The lowest BCUT2D eigenvalue weighted by atomic mass is 10.0. The maximum Gasteiger partial charge on any atom is 0.326 e. The van der Waals surface area contributed by atoms with Gasteiger partial charge in [-0.05, 0) is 43.0 Å². The van der Waals surface area contributed by atoms with Crippen LogP contribution in [-0.4, -0.2) is 92.4 Å². The number of aromatic hydroxyl groups is 1. The van der Waals surface area contributed by atoms with Gasteiger partial charge in [-0.15, -0.1) is 0 Å². The Morgan fingerprint density at radius 1 is 0.944 bits per heavy atom. The summed E-state index contributed by atoms with van der Waals surface area (Å²) in [4.78, 5) is 60.5. The van der Waals surface area contributed by atoms with Crippen LogP contribution in [0.4, 0.5) is 0 Å². The van der Waals surface area contributed by atoms with E-state index in [-0.39, 0.29) is 18.6 Å². The summed E-state index contributed by atoms with van der Waals surface area (Å²) in [6.45, 7) is 1.20. The zero-order valence-electron chi connectivity index (χ0n) is 19.8. The Balaban J connectivity index is 3.11. The van der Waals surface area contributed by atoms with E-state index in [2.05, 4.69) is 16.0 Å². The fourth-order valence-corrected chi connectivity index (χ4v) is 3.52. The summed E-state index contributed by atoms with van der Waals surface area (Å²) in [7, 11) is 0. The number of hydrogen-bond donors (Lipinski definition) is 8. The predicted molar refractivity (Wildman–Crippen MR) is 130 cm³/mol. The standard InChI is InChI=1S/C22H32N4O9S/c1-11(27)18(26-19(31)14(23)10-17(29)30)21(33)25-16(9-12-3-5-13(28)6-4-12)20(32)24-15(22(34)35)7-8-36-2/h3-6,11,14-16,18,27-28H,7-10,23H2,1-2H3,(H,24,32)(H,25,33)(H,26,31)(H,29,30)(H,34,35). The minimum absolute atomic E-state index is 0.0265. The van der Waals surface area contributed by atoms with Gasteiger partial charge in [-0.2, -0.15) is 11.8 Å². The number of hydrogen-bond acceptors (Lipinski definition) is 9. The first-order chi connectivity index (χ1) is 16.8. The molecule has 1 aromatic rings. The smallest absolute Gasteiger partial charge is 0.326 e. The number of carbonyl (C=O) groups excluding carboxylic acids is 3. The van der Waals surface area contributed by atoms with E-state index >= 15 is 0 Å². The van der Waals surface area contributed by atoms with Crippen molar-refractivity contribution in [1.82, 2.24) is 16.0 Å². The fourth-order valence-electron chi connectivity index (χ4n) is 3.05. The van der Waals surface area contributed by atoms with Gasteiger partial charge in [-0.3, -0.25) is 19.2 Å². The van der Waals surface area contributed by atoms with Crippen molar-refractivity contribution in [3.8, 4) is 5.75 Å². The molecule has 3 amide bonds. The van der Waals surface area contributed by atoms with Crippen molar-refractivity contribution < 1.29 is 44.4 Å². The van der Waals surface area contributed by atoms with Crippen LogP contribution in [0, 0.1) is 0 Å². The molecule has 9 N–H and O–H groups in total. The first-order valence-electron chi connectivity index (χ1n) is 10.9. The second-order valence-corrected chi connectivity index (χ2v) is 9.03. The summed E-state index contributed by atoms with van der Waals surface area (Å²) in [5, 5.41) is 44.7. The van der Waals surface area contributed by atoms with Crippen LogP contribution in [0.2, 0.25) is 0 Å². The van der Waals surface area contributed by atoms with E-state index < -0.39 is 66.4 Å². The van der Waals surface area contributed by atoms with Crippen LogP contribution < -0.4 is 21.7 Å². The van der Waals surface area contributed by atoms with E-state index in [0.29, 0.717) is 11.3 Å². The molecule has 0 spiro atoms. The number of carboxylic acid groups (broad SMARTS) is 2. The SMILES string of the molecule is CSCCC(NC(=O)C(Cc1ccc(O)cc1)NC(=O)C(NC(=O)C(N)CC(=O)O)C(C)O)C(=O)O. The molecule has 0 bridgehead atoms. The summed E-state index contributed by atoms with van der Waals surface area (Å²) in [5.74, 6) is -4.95. The van der Waals surface area contributed by atoms with Crippen molar-refractivity contribution in [3.63, 3.8) is 0 Å². The zero-order valence-corrected chi connectivity index (χ0v) is 20.7. The quantitative estimate of drug-likeness (QED) is 0.129. The number of nitrogens with one attached hydrogen (secondary N) is 3. The van der Waals surface area contributed by atoms with Crippen LogP contribution in [0.1, 0.15) is 25.3 Å². The van der Waals surface area contributed by atoms with Crippen LogP contribution in [0.15, 0.2) is 24.3 Å². The molecule has 0 aromatic heterocycles. The maximum absolute atomic E-state index is 13.0. The molecule has 0 saturated heterocycles. The highest BCUT2D eigenvalue weighted by Crippen LogP contribution is 2.12. The Hall–Kier alpha value is -3.36. The second-order valence-electron chi connectivity index (χ2n) is 8.04. The topological polar surface area (TPSA) is 228 Å². The number of phenols is 1. The molecule has 0 saturated carbocycles. The molecular formula is C22H32N4O9S. The molecule has 36 heavy (non-hydrogen) atoms. The third-order valence-electron chi connectivity index (χ3n) is 5.03. The summed E-state index contributed by atoms with van der Waals surface area (Å²) in [6.07, 6.45) is -0.349. The first kappa shape index (κ1) is 30.7. The number of nitrogens with two attached hydrogens (primary N) is 1. The Kier molecular flexibility index (Phi) is 12.7. The summed E-state index contributed by atoms with van der Waals surface area (Å²) in [6, 6.07) is 0.140. The summed E-state index contributed by atoms with van der Waals surface area (Å²) < 4.78 is 0. The molecule has 0 aliphatic heterocycles. The molecule has 0 radical (unpaired) electrons. The van der Waals surface area contributed by atoms with Gasteiger partial charge in [0.1, 0.15) is 23.9 Å². The molecule has 1 rings (SSSR count). The van der Waals surface area contributed by atoms with Crippen molar-refractivity contribution in [1.29, 1.82) is 0 Å². The van der Waals surface area contributed by atoms with Gasteiger partial charge in [0.2, 0.25) is 17.7 Å². The van der Waals surface area contributed by atoms with E-state index in [4.69, 9.17) is 10.8 Å². The molecule has 0 aliphatic rings. The maximum atomic E-state index is 13.0. The van der Waals surface area contributed by atoms with Crippen LogP contribution in [-0.2, 0) is 30.4 Å². The lowest BCUT2D eigenvalue weighted by Crippen LogP contribution is -2.60. The molecule has 5 unspecified atom stereocenters. The average Bonchev–Trinajstić information content (AvgIpc) is 2.79. The van der Waals surface area contributed by atoms with Crippen molar-refractivity contribution in [2.24, 2.45) is 5.73 Å². The normalized spacial score (nSPS) is 15.0. The lowest BCUT2D eigenvalue weighted by Gasteiger charge is -2.26. The third-order valence-corrected chi connectivity index (χ3v) is 5.67. The number of benzene rings is 1. The van der Waals surface area contributed by atoms with Crippen molar-refractivity contribution in [2.45, 2.75) is 56.5 Å². The van der Waals surface area contributed by atoms with Gasteiger partial charge < -0.3 is 42.1 Å². The number of rotatable bonds is 15. The van der Waals surface area contributed by atoms with Crippen LogP contribution >= 0.6 is 11.8 Å². The van der Waals surface area contributed by atoms with Crippen LogP contribution in [0.5, 0.6) is 5.75 Å². The van der Waals surface area contributed by atoms with Gasteiger partial charge in [0.05, 0.1) is 18.6 Å². The van der Waals surface area contributed by atoms with Crippen molar-refractivity contribution in [2.75, 3.05) is 12.0 Å². The van der Waals surface area contributed by atoms with Crippen LogP contribution in [0.25, 0.3) is 0 Å². The van der Waals surface area contributed by atoms with Crippen LogP contribution in [0.3, 0.4) is 0 Å². The van der Waals surface area contributed by atoms with Gasteiger partial charge in [0.15, 0.2) is 0 Å². The lowest BCUT2D eigenvalue weighted by molar-refractivity contribution is -0.142. The molecule has 0 fully saturated rings. The minimum Gasteiger partial charge on any atom is -0.508 e. The van der Waals surface area contributed by atoms with E-state index in [9.17, 15) is 39.3 Å².